The van der Waals surface area contributed by atoms with Gasteiger partial charge in [-0.15, -0.1) is 0 Å². The molecule has 1 aliphatic heterocycles. The van der Waals surface area contributed by atoms with Crippen LogP contribution in [0.4, 0.5) is 0 Å². The van der Waals surface area contributed by atoms with Gasteiger partial charge < -0.3 is 9.64 Å². The van der Waals surface area contributed by atoms with Gasteiger partial charge in [-0.3, -0.25) is 0 Å². The van der Waals surface area contributed by atoms with E-state index in [0.29, 0.717) is 5.41 Å². The number of hydrogen-bond acceptors (Lipinski definition) is 2. The third-order valence-corrected chi connectivity index (χ3v) is 5.97. The van der Waals surface area contributed by atoms with Gasteiger partial charge in [0.2, 0.25) is 0 Å². The van der Waals surface area contributed by atoms with Gasteiger partial charge in [-0.1, -0.05) is 18.2 Å². The number of likely N-dealkylation sites (tertiary alicyclic amines) is 1. The zero-order valence-electron chi connectivity index (χ0n) is 12.4. The molecule has 2 nitrogen and oxygen atoms in total. The number of ether oxygens (including phenoxy) is 1. The van der Waals surface area contributed by atoms with Gasteiger partial charge in [-0.05, 0) is 68.5 Å². The average Bonchev–Trinajstić information content (AvgIpc) is 2.50. The highest BCUT2D eigenvalue weighted by molar-refractivity contribution is 5.46. The normalized spacial score (nSPS) is 35.3. The maximum atomic E-state index is 5.49. The Labute approximate surface area is 121 Å². The monoisotopic (exact) mass is 269 g/mol. The quantitative estimate of drug-likeness (QED) is 0.726. The summed E-state index contributed by atoms with van der Waals surface area (Å²) in [4.78, 5) is 2.59. The topological polar surface area (TPSA) is 12.5 Å². The van der Waals surface area contributed by atoms with Gasteiger partial charge in [0.05, 0.1) is 7.11 Å². The summed E-state index contributed by atoms with van der Waals surface area (Å²) < 4.78 is 5.49. The predicted octanol–water partition coefficient (Wildman–Crippen LogP) is 3.16. The minimum atomic E-state index is 0.369. The van der Waals surface area contributed by atoms with Crippen LogP contribution in [0.5, 0.6) is 5.75 Å². The highest BCUT2D eigenvalue weighted by atomic mass is 16.5. The van der Waals surface area contributed by atoms with E-state index < -0.39 is 0 Å². The zero-order valence-corrected chi connectivity index (χ0v) is 12.4. The van der Waals surface area contributed by atoms with Crippen LogP contribution in [0.15, 0.2) is 30.4 Å². The van der Waals surface area contributed by atoms with Gasteiger partial charge in [0, 0.05) is 11.5 Å². The number of hydrogen-bond donors (Lipinski definition) is 0. The molecule has 3 aliphatic rings. The van der Waals surface area contributed by atoms with E-state index in [4.69, 9.17) is 4.74 Å². The number of rotatable bonds is 1. The third-order valence-electron chi connectivity index (χ3n) is 5.97. The Morgan fingerprint density at radius 2 is 2.20 bits per heavy atom. The van der Waals surface area contributed by atoms with E-state index in [1.807, 2.05) is 0 Å². The van der Waals surface area contributed by atoms with Crippen LogP contribution in [0.1, 0.15) is 30.4 Å². The summed E-state index contributed by atoms with van der Waals surface area (Å²) in [6.45, 7) is 1.23. The molecular weight excluding hydrogens is 246 g/mol. The van der Waals surface area contributed by atoms with E-state index in [-0.39, 0.29) is 0 Å². The van der Waals surface area contributed by atoms with E-state index >= 15 is 0 Å². The second kappa shape index (κ2) is 4.36. The smallest absolute Gasteiger partial charge is 0.119 e. The SMILES string of the molecule is COc1ccc2c(c1)[C@@]13CC=CC[C@H]1[C@@H](C2)N(C)CC3. The van der Waals surface area contributed by atoms with Crippen molar-refractivity contribution in [2.45, 2.75) is 37.1 Å². The van der Waals surface area contributed by atoms with Gasteiger partial charge in [0.15, 0.2) is 0 Å². The van der Waals surface area contributed by atoms with Crippen LogP contribution < -0.4 is 4.74 Å². The van der Waals surface area contributed by atoms with Crippen LogP contribution in [0, 0.1) is 5.92 Å². The Balaban J connectivity index is 1.90. The Bertz CT molecular complexity index is 565. The maximum Gasteiger partial charge on any atom is 0.119 e. The fraction of sp³-hybridized carbons (Fsp3) is 0.556. The van der Waals surface area contributed by atoms with Crippen molar-refractivity contribution >= 4 is 0 Å². The highest BCUT2D eigenvalue weighted by Gasteiger charge is 2.52. The van der Waals surface area contributed by atoms with Crippen LogP contribution in [0.25, 0.3) is 0 Å². The lowest BCUT2D eigenvalue weighted by Crippen LogP contribution is -2.59. The average molecular weight is 269 g/mol. The molecule has 3 atom stereocenters. The molecule has 0 N–H and O–H groups in total. The minimum Gasteiger partial charge on any atom is -0.497 e. The molecule has 0 aromatic heterocycles. The van der Waals surface area contributed by atoms with Crippen LogP contribution in [0.3, 0.4) is 0 Å². The molecule has 0 radical (unpaired) electrons. The van der Waals surface area contributed by atoms with E-state index in [1.54, 1.807) is 18.2 Å². The van der Waals surface area contributed by atoms with E-state index in [1.165, 1.54) is 32.2 Å². The Morgan fingerprint density at radius 1 is 1.30 bits per heavy atom. The first-order valence-corrected chi connectivity index (χ1v) is 7.77. The molecule has 4 rings (SSSR count). The molecule has 2 aliphatic carbocycles. The molecule has 1 saturated heterocycles. The molecule has 0 amide bonds. The highest BCUT2D eigenvalue weighted by Crippen LogP contribution is 2.54. The Kier molecular flexibility index (Phi) is 2.71. The summed E-state index contributed by atoms with van der Waals surface area (Å²) in [6, 6.07) is 7.47. The molecule has 1 aromatic carbocycles. The van der Waals surface area contributed by atoms with Crippen molar-refractivity contribution in [3.8, 4) is 5.75 Å². The van der Waals surface area contributed by atoms with Crippen molar-refractivity contribution < 1.29 is 4.74 Å². The largest absolute Gasteiger partial charge is 0.497 e. The number of nitrogens with zero attached hydrogens (tertiary/aromatic N) is 1. The second-order valence-electron chi connectivity index (χ2n) is 6.70. The van der Waals surface area contributed by atoms with Crippen LogP contribution in [-0.2, 0) is 11.8 Å². The van der Waals surface area contributed by atoms with Gasteiger partial charge in [-0.2, -0.15) is 0 Å². The fourth-order valence-electron chi connectivity index (χ4n) is 4.87. The maximum absolute atomic E-state index is 5.49. The van der Waals surface area contributed by atoms with Crippen molar-refractivity contribution in [1.82, 2.24) is 4.90 Å². The van der Waals surface area contributed by atoms with Crippen molar-refractivity contribution in [3.63, 3.8) is 0 Å². The molecule has 0 spiro atoms. The molecule has 2 bridgehead atoms. The van der Waals surface area contributed by atoms with Crippen molar-refractivity contribution in [1.29, 1.82) is 0 Å². The predicted molar refractivity (Wildman–Crippen MR) is 81.3 cm³/mol. The Morgan fingerprint density at radius 3 is 3.05 bits per heavy atom. The molecule has 1 heterocycles. The number of likely N-dealkylation sites (N-methyl/N-ethyl adjacent to an activating group) is 1. The lowest BCUT2D eigenvalue weighted by atomic mass is 9.54. The van der Waals surface area contributed by atoms with Crippen LogP contribution >= 0.6 is 0 Å². The summed E-state index contributed by atoms with van der Waals surface area (Å²) in [5.41, 5.74) is 3.50. The number of fused-ring (bicyclic) bond motifs is 1. The van der Waals surface area contributed by atoms with Crippen LogP contribution in [0.2, 0.25) is 0 Å². The number of methoxy groups -OCH3 is 1. The molecule has 106 valence electrons. The molecule has 0 saturated carbocycles. The summed E-state index contributed by atoms with van der Waals surface area (Å²) in [5.74, 6) is 1.80. The van der Waals surface area contributed by atoms with E-state index in [9.17, 15) is 0 Å². The van der Waals surface area contributed by atoms with Gasteiger partial charge in [0.25, 0.3) is 0 Å². The van der Waals surface area contributed by atoms with Crippen molar-refractivity contribution in [3.05, 3.63) is 41.5 Å². The first-order chi connectivity index (χ1) is 9.74. The zero-order chi connectivity index (χ0) is 13.7. The van der Waals surface area contributed by atoms with Crippen LogP contribution in [-0.4, -0.2) is 31.6 Å². The van der Waals surface area contributed by atoms with E-state index in [0.717, 1.165) is 17.7 Å². The van der Waals surface area contributed by atoms with Gasteiger partial charge in [0.1, 0.15) is 5.75 Å². The fourth-order valence-corrected chi connectivity index (χ4v) is 4.87. The lowest BCUT2D eigenvalue weighted by molar-refractivity contribution is 0.0289. The molecule has 2 heteroatoms. The van der Waals surface area contributed by atoms with Gasteiger partial charge in [-0.25, -0.2) is 0 Å². The molecule has 1 aromatic rings. The lowest BCUT2D eigenvalue weighted by Gasteiger charge is -2.57. The van der Waals surface area contributed by atoms with Crippen molar-refractivity contribution in [2.75, 3.05) is 20.7 Å². The first kappa shape index (κ1) is 12.5. The summed E-state index contributed by atoms with van der Waals surface area (Å²) in [6.07, 6.45) is 9.76. The molecule has 1 fully saturated rings. The minimum absolute atomic E-state index is 0.369. The van der Waals surface area contributed by atoms with Gasteiger partial charge >= 0.3 is 0 Å². The summed E-state index contributed by atoms with van der Waals surface area (Å²) >= 11 is 0. The number of piperidine rings is 1. The molecular formula is C18H23NO. The second-order valence-corrected chi connectivity index (χ2v) is 6.70. The summed E-state index contributed by atoms with van der Waals surface area (Å²) in [7, 11) is 4.08. The molecule has 0 unspecified atom stereocenters. The number of benzene rings is 1. The summed E-state index contributed by atoms with van der Waals surface area (Å²) in [5, 5.41) is 0. The van der Waals surface area contributed by atoms with Crippen molar-refractivity contribution in [2.24, 2.45) is 5.92 Å². The Hall–Kier alpha value is -1.28. The third kappa shape index (κ3) is 1.54. The number of allylic oxidation sites excluding steroid dienone is 2. The van der Waals surface area contributed by atoms with E-state index in [2.05, 4.69) is 42.3 Å². The first-order valence-electron chi connectivity index (χ1n) is 7.77. The standard InChI is InChI=1S/C18H23NO/c1-19-10-9-18-8-4-3-5-15(18)17(19)11-13-6-7-14(20-2)12-16(13)18/h3-4,6-7,12,15,17H,5,8-11H2,1-2H3/t15-,17+,18+/m0/s1. The molecule has 20 heavy (non-hydrogen) atoms.